The fourth-order valence-electron chi connectivity index (χ4n) is 3.11. The standard InChI is InChI=1S/C20H25N3O3/c1-12-4-5-16(8-13(12)2)17(15-6-7-15)10-19(24)21-11-20(25)22-18-9-14(3)26-23-18/h4-5,8-9,15,17H,6-7,10-11H2,1-3H3,(H,21,24)(H,22,23,25). The molecule has 1 heterocycles. The summed E-state index contributed by atoms with van der Waals surface area (Å²) >= 11 is 0. The van der Waals surface area contributed by atoms with Crippen LogP contribution in [-0.2, 0) is 9.59 Å². The van der Waals surface area contributed by atoms with Crippen LogP contribution in [0.15, 0.2) is 28.8 Å². The fourth-order valence-corrected chi connectivity index (χ4v) is 3.11. The third-order valence-corrected chi connectivity index (χ3v) is 4.90. The maximum atomic E-state index is 12.3. The van der Waals surface area contributed by atoms with E-state index in [-0.39, 0.29) is 24.3 Å². The van der Waals surface area contributed by atoms with Crippen LogP contribution in [0.5, 0.6) is 0 Å². The number of carbonyl (C=O) groups excluding carboxylic acids is 2. The highest BCUT2D eigenvalue weighted by Crippen LogP contribution is 2.44. The number of nitrogens with one attached hydrogen (secondary N) is 2. The first-order chi connectivity index (χ1) is 12.4. The zero-order chi connectivity index (χ0) is 18.7. The summed E-state index contributed by atoms with van der Waals surface area (Å²) in [4.78, 5) is 24.2. The zero-order valence-electron chi connectivity index (χ0n) is 15.5. The second-order valence-electron chi connectivity index (χ2n) is 7.14. The Morgan fingerprint density at radius 2 is 1.92 bits per heavy atom. The molecule has 1 atom stereocenters. The van der Waals surface area contributed by atoms with E-state index in [4.69, 9.17) is 4.52 Å². The monoisotopic (exact) mass is 355 g/mol. The first-order valence-electron chi connectivity index (χ1n) is 8.99. The van der Waals surface area contributed by atoms with Gasteiger partial charge in [-0.25, -0.2) is 0 Å². The molecule has 0 saturated heterocycles. The molecule has 1 saturated carbocycles. The molecule has 0 aliphatic heterocycles. The first-order valence-corrected chi connectivity index (χ1v) is 8.99. The lowest BCUT2D eigenvalue weighted by Crippen LogP contribution is -2.33. The minimum absolute atomic E-state index is 0.0744. The van der Waals surface area contributed by atoms with Crippen LogP contribution in [0.2, 0.25) is 0 Å². The number of carbonyl (C=O) groups is 2. The number of aryl methyl sites for hydroxylation is 3. The predicted octanol–water partition coefficient (Wildman–Crippen LogP) is 3.24. The zero-order valence-corrected chi connectivity index (χ0v) is 15.5. The summed E-state index contributed by atoms with van der Waals surface area (Å²) < 4.78 is 4.89. The van der Waals surface area contributed by atoms with Crippen molar-refractivity contribution in [3.63, 3.8) is 0 Å². The molecule has 3 rings (SSSR count). The van der Waals surface area contributed by atoms with Crippen molar-refractivity contribution < 1.29 is 14.1 Å². The van der Waals surface area contributed by atoms with Gasteiger partial charge in [-0.3, -0.25) is 9.59 Å². The molecular formula is C20H25N3O3. The molecule has 6 heteroatoms. The molecular weight excluding hydrogens is 330 g/mol. The molecule has 1 aromatic carbocycles. The Kier molecular flexibility index (Phi) is 5.40. The van der Waals surface area contributed by atoms with Crippen molar-refractivity contribution in [2.45, 2.75) is 46.0 Å². The van der Waals surface area contributed by atoms with Gasteiger partial charge in [0.05, 0.1) is 6.54 Å². The van der Waals surface area contributed by atoms with Crippen molar-refractivity contribution in [2.24, 2.45) is 5.92 Å². The summed E-state index contributed by atoms with van der Waals surface area (Å²) in [6.07, 6.45) is 2.73. The molecule has 2 aromatic rings. The van der Waals surface area contributed by atoms with Gasteiger partial charge >= 0.3 is 0 Å². The Morgan fingerprint density at radius 3 is 2.54 bits per heavy atom. The molecule has 0 spiro atoms. The summed E-state index contributed by atoms with van der Waals surface area (Å²) in [6.45, 7) is 5.86. The van der Waals surface area contributed by atoms with Gasteiger partial charge in [0, 0.05) is 12.5 Å². The molecule has 138 valence electrons. The average molecular weight is 355 g/mol. The lowest BCUT2D eigenvalue weighted by Gasteiger charge is -2.18. The number of benzene rings is 1. The quantitative estimate of drug-likeness (QED) is 0.798. The van der Waals surface area contributed by atoms with Crippen LogP contribution in [0, 0.1) is 26.7 Å². The number of nitrogens with zero attached hydrogens (tertiary/aromatic N) is 1. The highest BCUT2D eigenvalue weighted by atomic mass is 16.5. The molecule has 0 radical (unpaired) electrons. The average Bonchev–Trinajstić information content (AvgIpc) is 3.36. The maximum absolute atomic E-state index is 12.3. The summed E-state index contributed by atoms with van der Waals surface area (Å²) in [5.41, 5.74) is 3.72. The molecule has 2 N–H and O–H groups in total. The maximum Gasteiger partial charge on any atom is 0.245 e. The third-order valence-electron chi connectivity index (χ3n) is 4.90. The Labute approximate surface area is 153 Å². The van der Waals surface area contributed by atoms with E-state index in [1.807, 2.05) is 0 Å². The second-order valence-corrected chi connectivity index (χ2v) is 7.14. The third kappa shape index (κ3) is 4.71. The van der Waals surface area contributed by atoms with E-state index >= 15 is 0 Å². The van der Waals surface area contributed by atoms with E-state index in [2.05, 4.69) is 47.8 Å². The van der Waals surface area contributed by atoms with Crippen LogP contribution >= 0.6 is 0 Å². The summed E-state index contributed by atoms with van der Waals surface area (Å²) in [5, 5.41) is 9.00. The van der Waals surface area contributed by atoms with Gasteiger partial charge in [0.25, 0.3) is 0 Å². The smallest absolute Gasteiger partial charge is 0.245 e. The van der Waals surface area contributed by atoms with Crippen LogP contribution in [-0.4, -0.2) is 23.5 Å². The van der Waals surface area contributed by atoms with Crippen LogP contribution in [0.4, 0.5) is 5.82 Å². The van der Waals surface area contributed by atoms with Crippen LogP contribution in [0.1, 0.15) is 47.6 Å². The van der Waals surface area contributed by atoms with E-state index in [0.29, 0.717) is 23.9 Å². The Balaban J connectivity index is 1.53. The van der Waals surface area contributed by atoms with E-state index < -0.39 is 0 Å². The van der Waals surface area contributed by atoms with Crippen LogP contribution in [0.3, 0.4) is 0 Å². The van der Waals surface area contributed by atoms with Crippen molar-refractivity contribution >= 4 is 17.6 Å². The predicted molar refractivity (Wildman–Crippen MR) is 98.9 cm³/mol. The van der Waals surface area contributed by atoms with Gasteiger partial charge in [-0.1, -0.05) is 23.4 Å². The van der Waals surface area contributed by atoms with Gasteiger partial charge in [0.2, 0.25) is 11.8 Å². The molecule has 2 amide bonds. The number of hydrogen-bond donors (Lipinski definition) is 2. The largest absolute Gasteiger partial charge is 0.360 e. The van der Waals surface area contributed by atoms with E-state index in [0.717, 1.165) is 12.8 Å². The molecule has 1 aromatic heterocycles. The highest BCUT2D eigenvalue weighted by molar-refractivity contribution is 5.93. The number of anilines is 1. The van der Waals surface area contributed by atoms with E-state index in [1.54, 1.807) is 13.0 Å². The van der Waals surface area contributed by atoms with Gasteiger partial charge in [-0.15, -0.1) is 0 Å². The highest BCUT2D eigenvalue weighted by Gasteiger charge is 2.33. The molecule has 26 heavy (non-hydrogen) atoms. The van der Waals surface area contributed by atoms with Crippen molar-refractivity contribution in [1.82, 2.24) is 10.5 Å². The number of hydrogen-bond acceptors (Lipinski definition) is 4. The van der Waals surface area contributed by atoms with Crippen molar-refractivity contribution in [2.75, 3.05) is 11.9 Å². The van der Waals surface area contributed by atoms with Crippen molar-refractivity contribution in [1.29, 1.82) is 0 Å². The molecule has 6 nitrogen and oxygen atoms in total. The first kappa shape index (κ1) is 18.2. The van der Waals surface area contributed by atoms with E-state index in [9.17, 15) is 9.59 Å². The normalized spacial score (nSPS) is 14.7. The number of aromatic nitrogens is 1. The molecule has 0 bridgehead atoms. The van der Waals surface area contributed by atoms with Gasteiger partial charge in [-0.2, -0.15) is 0 Å². The van der Waals surface area contributed by atoms with Gasteiger partial charge in [0.15, 0.2) is 5.82 Å². The fraction of sp³-hybridized carbons (Fsp3) is 0.450. The summed E-state index contributed by atoms with van der Waals surface area (Å²) in [6, 6.07) is 8.05. The van der Waals surface area contributed by atoms with Crippen molar-refractivity contribution in [3.8, 4) is 0 Å². The Morgan fingerprint density at radius 1 is 1.15 bits per heavy atom. The van der Waals surface area contributed by atoms with Gasteiger partial charge in [-0.05, 0) is 62.1 Å². The van der Waals surface area contributed by atoms with Gasteiger partial charge < -0.3 is 15.2 Å². The summed E-state index contributed by atoms with van der Waals surface area (Å²) in [7, 11) is 0. The van der Waals surface area contributed by atoms with Gasteiger partial charge in [0.1, 0.15) is 5.76 Å². The van der Waals surface area contributed by atoms with Crippen LogP contribution in [0.25, 0.3) is 0 Å². The molecule has 1 unspecified atom stereocenters. The molecule has 1 aliphatic rings. The van der Waals surface area contributed by atoms with Crippen LogP contribution < -0.4 is 10.6 Å². The minimum Gasteiger partial charge on any atom is -0.360 e. The Hall–Kier alpha value is -2.63. The lowest BCUT2D eigenvalue weighted by molar-refractivity contribution is -0.124. The van der Waals surface area contributed by atoms with E-state index in [1.165, 1.54) is 16.7 Å². The lowest BCUT2D eigenvalue weighted by atomic mass is 9.89. The van der Waals surface area contributed by atoms with Crippen molar-refractivity contribution in [3.05, 3.63) is 46.7 Å². The Bertz CT molecular complexity index is 808. The summed E-state index contributed by atoms with van der Waals surface area (Å²) in [5.74, 6) is 1.33. The molecule has 1 aliphatic carbocycles. The number of amides is 2. The minimum atomic E-state index is -0.319. The SMILES string of the molecule is Cc1cc(NC(=O)CNC(=O)CC(c2ccc(C)c(C)c2)C2CC2)no1. The topological polar surface area (TPSA) is 84.2 Å². The number of rotatable bonds is 7. The second kappa shape index (κ2) is 7.72. The molecule has 1 fully saturated rings.